The molecule has 0 bridgehead atoms. The molecular formula is C48H27BN2OSi. The summed E-state index contributed by atoms with van der Waals surface area (Å²) in [5, 5.41) is 10.8. The SMILES string of the molecule is c1ccc2c(c1)-c1ccccc1[Si]21c2ccccc2N2c3cc4c(oc5ccccc54)c4c3B(c3cccc1c32)n1c2ccccc2c2cccc-4c21. The summed E-state index contributed by atoms with van der Waals surface area (Å²) in [7, 11) is -2.74. The van der Waals surface area contributed by atoms with Crippen molar-refractivity contribution in [1.82, 2.24) is 4.48 Å². The molecule has 1 spiro atoms. The van der Waals surface area contributed by atoms with Gasteiger partial charge in [0.2, 0.25) is 0 Å². The van der Waals surface area contributed by atoms with Gasteiger partial charge in [-0.3, -0.25) is 0 Å². The minimum atomic E-state index is -2.74. The fourth-order valence-electron chi connectivity index (χ4n) is 11.2. The molecule has 8 aromatic carbocycles. The third-order valence-corrected chi connectivity index (χ3v) is 17.9. The molecule has 53 heavy (non-hydrogen) atoms. The molecular weight excluding hydrogens is 659 g/mol. The normalized spacial score (nSPS) is 14.9. The molecule has 0 fully saturated rings. The molecule has 14 rings (SSSR count). The van der Waals surface area contributed by atoms with E-state index in [9.17, 15) is 0 Å². The summed E-state index contributed by atoms with van der Waals surface area (Å²) in [6.07, 6.45) is 0. The Morgan fingerprint density at radius 2 is 1.13 bits per heavy atom. The maximum Gasteiger partial charge on any atom is 0.333 e. The monoisotopic (exact) mass is 686 g/mol. The second-order valence-electron chi connectivity index (χ2n) is 15.1. The van der Waals surface area contributed by atoms with Gasteiger partial charge >= 0.3 is 6.85 Å². The molecule has 0 N–H and O–H groups in total. The Morgan fingerprint density at radius 3 is 1.98 bits per heavy atom. The van der Waals surface area contributed by atoms with Crippen LogP contribution in [0, 0.1) is 0 Å². The Labute approximate surface area is 306 Å². The number of nitrogens with zero attached hydrogens (tertiary/aromatic N) is 2. The minimum absolute atomic E-state index is 0.0377. The van der Waals surface area contributed by atoms with Gasteiger partial charge in [-0.05, 0) is 67.1 Å². The topological polar surface area (TPSA) is 21.3 Å². The number of anilines is 3. The summed E-state index contributed by atoms with van der Waals surface area (Å²) in [4.78, 5) is 2.65. The third kappa shape index (κ3) is 2.88. The third-order valence-electron chi connectivity index (χ3n) is 13.0. The van der Waals surface area contributed by atoms with Crippen LogP contribution in [0.4, 0.5) is 17.1 Å². The van der Waals surface area contributed by atoms with Crippen molar-refractivity contribution in [2.45, 2.75) is 0 Å². The zero-order chi connectivity index (χ0) is 34.2. The summed E-state index contributed by atoms with van der Waals surface area (Å²) >= 11 is 0. The van der Waals surface area contributed by atoms with Crippen LogP contribution in [0.15, 0.2) is 168 Å². The Kier molecular flexibility index (Phi) is 4.65. The van der Waals surface area contributed by atoms with Crippen LogP contribution in [0.25, 0.3) is 66.0 Å². The van der Waals surface area contributed by atoms with E-state index in [1.54, 1.807) is 0 Å². The zero-order valence-corrected chi connectivity index (χ0v) is 29.5. The van der Waals surface area contributed by atoms with Crippen molar-refractivity contribution in [3.8, 4) is 22.3 Å². The summed E-state index contributed by atoms with van der Waals surface area (Å²) < 4.78 is 9.61. The highest BCUT2D eigenvalue weighted by molar-refractivity contribution is 7.24. The van der Waals surface area contributed by atoms with Crippen LogP contribution in [-0.2, 0) is 0 Å². The number of hydrogen-bond donors (Lipinski definition) is 0. The van der Waals surface area contributed by atoms with Crippen LogP contribution in [0.5, 0.6) is 0 Å². The maximum atomic E-state index is 6.94. The van der Waals surface area contributed by atoms with Gasteiger partial charge in [0, 0.05) is 60.8 Å². The van der Waals surface area contributed by atoms with Crippen molar-refractivity contribution in [3.63, 3.8) is 0 Å². The number of rotatable bonds is 0. The molecule has 3 nitrogen and oxygen atoms in total. The van der Waals surface area contributed by atoms with E-state index in [0.29, 0.717) is 0 Å². The van der Waals surface area contributed by atoms with Crippen molar-refractivity contribution in [3.05, 3.63) is 164 Å². The van der Waals surface area contributed by atoms with Crippen LogP contribution >= 0.6 is 0 Å². The minimum Gasteiger partial charge on any atom is -0.455 e. The zero-order valence-electron chi connectivity index (χ0n) is 28.5. The summed E-state index contributed by atoms with van der Waals surface area (Å²) in [6.45, 7) is -0.0377. The standard InChI is InChI=1S/C48H27BN2OSi/c1-5-20-36-28(13-1)32-17-11-18-33-44-45-38(27-34-29-14-2-7-22-39(29)52-48(34)44)50-37-21-6-10-25-42(37)53(40-23-8-3-15-30(40)31-16-4-9-24-41(31)53)43-26-12-19-35(47(43)50)49(45)51(36)46(32)33/h1-27H. The van der Waals surface area contributed by atoms with Gasteiger partial charge < -0.3 is 13.8 Å². The highest BCUT2D eigenvalue weighted by Gasteiger charge is 2.56. The smallest absolute Gasteiger partial charge is 0.333 e. The first-order valence-corrected chi connectivity index (χ1v) is 20.6. The molecule has 2 aromatic heterocycles. The first kappa shape index (κ1) is 27.1. The van der Waals surface area contributed by atoms with Crippen LogP contribution in [0.2, 0.25) is 0 Å². The van der Waals surface area contributed by atoms with Crippen LogP contribution < -0.4 is 36.6 Å². The van der Waals surface area contributed by atoms with Gasteiger partial charge in [-0.25, -0.2) is 0 Å². The Morgan fingerprint density at radius 1 is 0.491 bits per heavy atom. The summed E-state index contributed by atoms with van der Waals surface area (Å²) in [5.74, 6) is 0. The van der Waals surface area contributed by atoms with Gasteiger partial charge in [0.25, 0.3) is 0 Å². The fraction of sp³-hybridized carbons (Fsp3) is 0. The van der Waals surface area contributed by atoms with Gasteiger partial charge in [-0.1, -0.05) is 140 Å². The van der Waals surface area contributed by atoms with Gasteiger partial charge in [0.15, 0.2) is 8.07 Å². The van der Waals surface area contributed by atoms with E-state index in [4.69, 9.17) is 4.42 Å². The van der Waals surface area contributed by atoms with Gasteiger partial charge in [-0.2, -0.15) is 0 Å². The van der Waals surface area contributed by atoms with Crippen molar-refractivity contribution in [1.29, 1.82) is 0 Å². The first-order valence-electron chi connectivity index (χ1n) is 18.6. The maximum absolute atomic E-state index is 6.94. The van der Waals surface area contributed by atoms with Crippen LogP contribution in [0.1, 0.15) is 0 Å². The van der Waals surface area contributed by atoms with E-state index in [0.717, 1.165) is 16.6 Å². The lowest BCUT2D eigenvalue weighted by Crippen LogP contribution is -2.77. The number of furan rings is 1. The van der Waals surface area contributed by atoms with Gasteiger partial charge in [0.1, 0.15) is 11.2 Å². The second kappa shape index (κ2) is 9.08. The molecule has 6 heterocycles. The van der Waals surface area contributed by atoms with Crippen LogP contribution in [0.3, 0.4) is 0 Å². The van der Waals surface area contributed by atoms with Crippen molar-refractivity contribution in [2.24, 2.45) is 0 Å². The highest BCUT2D eigenvalue weighted by atomic mass is 28.3. The first-order chi connectivity index (χ1) is 26.3. The molecule has 0 unspecified atom stereocenters. The molecule has 0 saturated carbocycles. The van der Waals surface area contributed by atoms with E-state index in [1.807, 2.05) is 0 Å². The average molecular weight is 687 g/mol. The lowest BCUT2D eigenvalue weighted by atomic mass is 9.45. The predicted octanol–water partition coefficient (Wildman–Crippen LogP) is 7.78. The molecule has 0 radical (unpaired) electrons. The molecule has 5 heteroatoms. The summed E-state index contributed by atoms with van der Waals surface area (Å²) in [6, 6.07) is 62.0. The number of benzene rings is 8. The lowest BCUT2D eigenvalue weighted by Gasteiger charge is -2.48. The molecule has 242 valence electrons. The van der Waals surface area contributed by atoms with Crippen molar-refractivity contribution >= 4 is 107 Å². The van der Waals surface area contributed by atoms with E-state index in [-0.39, 0.29) is 6.85 Å². The molecule has 10 aromatic rings. The average Bonchev–Trinajstić information content (AvgIpc) is 3.86. The molecule has 4 aliphatic rings. The Bertz CT molecular complexity index is 3290. The summed E-state index contributed by atoms with van der Waals surface area (Å²) in [5.41, 5.74) is 16.3. The molecule has 0 aliphatic carbocycles. The van der Waals surface area contributed by atoms with E-state index < -0.39 is 8.07 Å². The van der Waals surface area contributed by atoms with E-state index in [1.165, 1.54) is 98.2 Å². The van der Waals surface area contributed by atoms with Gasteiger partial charge in [-0.15, -0.1) is 0 Å². The molecule has 0 saturated heterocycles. The largest absolute Gasteiger partial charge is 0.455 e. The highest BCUT2D eigenvalue weighted by Crippen LogP contribution is 2.50. The molecule has 0 atom stereocenters. The molecule has 0 amide bonds. The lowest BCUT2D eigenvalue weighted by molar-refractivity contribution is 0.670. The van der Waals surface area contributed by atoms with E-state index >= 15 is 0 Å². The van der Waals surface area contributed by atoms with Crippen molar-refractivity contribution in [2.75, 3.05) is 4.90 Å². The number of para-hydroxylation sites is 5. The predicted molar refractivity (Wildman–Crippen MR) is 223 cm³/mol. The number of aromatic nitrogens is 1. The van der Waals surface area contributed by atoms with Gasteiger partial charge in [0.05, 0.1) is 0 Å². The molecule has 4 aliphatic heterocycles. The Hall–Kier alpha value is -6.56. The second-order valence-corrected chi connectivity index (χ2v) is 18.7. The number of hydrogen-bond acceptors (Lipinski definition) is 2. The van der Waals surface area contributed by atoms with Crippen molar-refractivity contribution < 1.29 is 4.42 Å². The Balaban J connectivity index is 1.23. The fourth-order valence-corrected chi connectivity index (χ4v) is 16.7. The quantitative estimate of drug-likeness (QED) is 0.152. The van der Waals surface area contributed by atoms with E-state index in [2.05, 4.69) is 173 Å². The van der Waals surface area contributed by atoms with Crippen LogP contribution in [-0.4, -0.2) is 19.4 Å². The number of fused-ring (bicyclic) bond motifs is 20.